The molecule has 1 saturated carbocycles. The molecule has 0 bridgehead atoms. The zero-order chi connectivity index (χ0) is 12.3. The lowest BCUT2D eigenvalue weighted by molar-refractivity contribution is 0.0894. The van der Waals surface area contributed by atoms with Crippen molar-refractivity contribution >= 4 is 17.2 Å². The van der Waals surface area contributed by atoms with Crippen molar-refractivity contribution in [3.05, 3.63) is 22.4 Å². The van der Waals surface area contributed by atoms with Crippen molar-refractivity contribution in [2.45, 2.75) is 38.1 Å². The van der Waals surface area contributed by atoms with Crippen molar-refractivity contribution in [1.82, 2.24) is 5.32 Å². The molecule has 17 heavy (non-hydrogen) atoms. The number of amides is 1. The Kier molecular flexibility index (Phi) is 3.49. The minimum absolute atomic E-state index is 0.123. The van der Waals surface area contributed by atoms with Crippen LogP contribution in [-0.4, -0.2) is 11.4 Å². The molecule has 0 aromatic carbocycles. The second kappa shape index (κ2) is 4.89. The van der Waals surface area contributed by atoms with Crippen LogP contribution in [0.15, 0.2) is 16.8 Å². The molecule has 1 aromatic rings. The number of nitriles is 1. The van der Waals surface area contributed by atoms with E-state index in [0.717, 1.165) is 25.7 Å². The number of nitrogens with zero attached hydrogens (tertiary/aromatic N) is 1. The molecule has 0 aliphatic heterocycles. The van der Waals surface area contributed by atoms with E-state index in [1.807, 2.05) is 10.8 Å². The molecule has 90 valence electrons. The quantitative estimate of drug-likeness (QED) is 0.874. The normalized spacial score (nSPS) is 28.4. The van der Waals surface area contributed by atoms with Crippen molar-refractivity contribution < 1.29 is 4.79 Å². The first-order chi connectivity index (χ1) is 8.15. The molecular weight excluding hydrogens is 232 g/mol. The molecule has 0 saturated heterocycles. The van der Waals surface area contributed by atoms with Gasteiger partial charge in [0.15, 0.2) is 0 Å². The fraction of sp³-hybridized carbons (Fsp3) is 0.538. The maximum atomic E-state index is 12.0. The summed E-state index contributed by atoms with van der Waals surface area (Å²) in [5, 5.41) is 15.9. The summed E-state index contributed by atoms with van der Waals surface area (Å²) in [5.41, 5.74) is 0.00849. The van der Waals surface area contributed by atoms with Gasteiger partial charge in [-0.05, 0) is 43.0 Å². The first-order valence-corrected chi connectivity index (χ1v) is 6.85. The number of hydrogen-bond donors (Lipinski definition) is 1. The summed E-state index contributed by atoms with van der Waals surface area (Å²) in [6, 6.07) is 4.09. The predicted octanol–water partition coefficient (Wildman–Crippen LogP) is 2.95. The molecule has 1 amide bonds. The smallest absolute Gasteiger partial charge is 0.253 e. The highest BCUT2D eigenvalue weighted by molar-refractivity contribution is 7.08. The molecule has 1 aromatic heterocycles. The van der Waals surface area contributed by atoms with E-state index < -0.39 is 5.54 Å². The summed E-state index contributed by atoms with van der Waals surface area (Å²) >= 11 is 1.49. The van der Waals surface area contributed by atoms with Crippen LogP contribution in [0, 0.1) is 17.2 Å². The number of nitrogens with one attached hydrogen (secondary N) is 1. The molecule has 0 spiro atoms. The molecule has 1 N–H and O–H groups in total. The molecule has 0 unspecified atom stereocenters. The van der Waals surface area contributed by atoms with Crippen molar-refractivity contribution in [2.75, 3.05) is 0 Å². The van der Waals surface area contributed by atoms with Gasteiger partial charge in [0.1, 0.15) is 5.54 Å². The molecular formula is C13H16N2OS. The van der Waals surface area contributed by atoms with E-state index in [4.69, 9.17) is 0 Å². The highest BCUT2D eigenvalue weighted by atomic mass is 32.1. The maximum absolute atomic E-state index is 12.0. The van der Waals surface area contributed by atoms with Gasteiger partial charge < -0.3 is 5.32 Å². The summed E-state index contributed by atoms with van der Waals surface area (Å²) in [6.45, 7) is 2.20. The van der Waals surface area contributed by atoms with Gasteiger partial charge in [0.25, 0.3) is 5.91 Å². The maximum Gasteiger partial charge on any atom is 0.253 e. The monoisotopic (exact) mass is 248 g/mol. The van der Waals surface area contributed by atoms with Crippen molar-refractivity contribution in [3.8, 4) is 6.07 Å². The van der Waals surface area contributed by atoms with E-state index in [-0.39, 0.29) is 5.91 Å². The highest BCUT2D eigenvalue weighted by Gasteiger charge is 2.35. The summed E-state index contributed by atoms with van der Waals surface area (Å²) in [4.78, 5) is 12.0. The Morgan fingerprint density at radius 3 is 2.82 bits per heavy atom. The van der Waals surface area contributed by atoms with Gasteiger partial charge in [0.05, 0.1) is 11.6 Å². The molecule has 4 heteroatoms. The largest absolute Gasteiger partial charge is 0.334 e. The molecule has 0 atom stereocenters. The fourth-order valence-corrected chi connectivity index (χ4v) is 2.84. The van der Waals surface area contributed by atoms with Gasteiger partial charge in [-0.2, -0.15) is 16.6 Å². The van der Waals surface area contributed by atoms with Crippen LogP contribution < -0.4 is 5.32 Å². The van der Waals surface area contributed by atoms with Gasteiger partial charge in [-0.15, -0.1) is 0 Å². The summed E-state index contributed by atoms with van der Waals surface area (Å²) in [6.07, 6.45) is 3.55. The number of hydrogen-bond acceptors (Lipinski definition) is 3. The summed E-state index contributed by atoms with van der Waals surface area (Å²) in [5.74, 6) is 0.539. The van der Waals surface area contributed by atoms with Crippen LogP contribution >= 0.6 is 11.3 Å². The Morgan fingerprint density at radius 1 is 1.59 bits per heavy atom. The lowest BCUT2D eigenvalue weighted by atomic mass is 9.78. The minimum atomic E-state index is -0.647. The van der Waals surface area contributed by atoms with Gasteiger partial charge in [-0.3, -0.25) is 4.79 Å². The lowest BCUT2D eigenvalue weighted by Gasteiger charge is -2.34. The molecule has 1 aliphatic carbocycles. The highest BCUT2D eigenvalue weighted by Crippen LogP contribution is 2.31. The Balaban J connectivity index is 2.06. The van der Waals surface area contributed by atoms with E-state index >= 15 is 0 Å². The van der Waals surface area contributed by atoms with Gasteiger partial charge >= 0.3 is 0 Å². The standard InChI is InChI=1S/C13H16N2OS/c1-10-2-5-13(9-14,6-3-10)15-12(16)11-4-7-17-8-11/h4,7-8,10H,2-3,5-6H2,1H3,(H,15,16). The van der Waals surface area contributed by atoms with Crippen LogP contribution in [0.2, 0.25) is 0 Å². The lowest BCUT2D eigenvalue weighted by Crippen LogP contribution is -2.49. The first kappa shape index (κ1) is 12.1. The Bertz CT molecular complexity index is 425. The van der Waals surface area contributed by atoms with E-state index in [9.17, 15) is 10.1 Å². The van der Waals surface area contributed by atoms with Crippen LogP contribution in [-0.2, 0) is 0 Å². The number of carbonyl (C=O) groups is 1. The number of thiophene rings is 1. The SMILES string of the molecule is CC1CCC(C#N)(NC(=O)c2ccsc2)CC1. The molecule has 1 aliphatic rings. The Labute approximate surface area is 105 Å². The van der Waals surface area contributed by atoms with Crippen LogP contribution in [0.25, 0.3) is 0 Å². The van der Waals surface area contributed by atoms with E-state index in [2.05, 4.69) is 18.3 Å². The van der Waals surface area contributed by atoms with Gasteiger partial charge in [-0.1, -0.05) is 6.92 Å². The second-order valence-corrected chi connectivity index (χ2v) is 5.62. The number of carbonyl (C=O) groups excluding carboxylic acids is 1. The second-order valence-electron chi connectivity index (χ2n) is 4.84. The van der Waals surface area contributed by atoms with Gasteiger partial charge in [-0.25, -0.2) is 0 Å². The van der Waals surface area contributed by atoms with E-state index in [1.54, 1.807) is 6.07 Å². The van der Waals surface area contributed by atoms with Crippen LogP contribution in [0.4, 0.5) is 0 Å². The summed E-state index contributed by atoms with van der Waals surface area (Å²) in [7, 11) is 0. The third-order valence-corrected chi connectivity index (χ3v) is 4.16. The summed E-state index contributed by atoms with van der Waals surface area (Å²) < 4.78 is 0. The topological polar surface area (TPSA) is 52.9 Å². The average Bonchev–Trinajstić information content (AvgIpc) is 2.86. The molecule has 0 radical (unpaired) electrons. The van der Waals surface area contributed by atoms with E-state index in [0.29, 0.717) is 11.5 Å². The van der Waals surface area contributed by atoms with Gasteiger partial charge in [0.2, 0.25) is 0 Å². The molecule has 1 fully saturated rings. The van der Waals surface area contributed by atoms with E-state index in [1.165, 1.54) is 11.3 Å². The Hall–Kier alpha value is -1.34. The Morgan fingerprint density at radius 2 is 2.29 bits per heavy atom. The molecule has 3 nitrogen and oxygen atoms in total. The fourth-order valence-electron chi connectivity index (χ4n) is 2.20. The van der Waals surface area contributed by atoms with Gasteiger partial charge in [0, 0.05) is 5.38 Å². The van der Waals surface area contributed by atoms with Crippen LogP contribution in [0.3, 0.4) is 0 Å². The average molecular weight is 248 g/mol. The van der Waals surface area contributed by atoms with Crippen LogP contribution in [0.5, 0.6) is 0 Å². The number of rotatable bonds is 2. The first-order valence-electron chi connectivity index (χ1n) is 5.91. The predicted molar refractivity (Wildman–Crippen MR) is 67.8 cm³/mol. The third-order valence-electron chi connectivity index (χ3n) is 3.48. The minimum Gasteiger partial charge on any atom is -0.334 e. The van der Waals surface area contributed by atoms with Crippen molar-refractivity contribution in [2.24, 2.45) is 5.92 Å². The third kappa shape index (κ3) is 2.67. The molecule has 2 rings (SSSR count). The van der Waals surface area contributed by atoms with Crippen molar-refractivity contribution in [1.29, 1.82) is 5.26 Å². The van der Waals surface area contributed by atoms with Crippen molar-refractivity contribution in [3.63, 3.8) is 0 Å². The zero-order valence-electron chi connectivity index (χ0n) is 9.90. The zero-order valence-corrected chi connectivity index (χ0v) is 10.7. The van der Waals surface area contributed by atoms with Crippen LogP contribution in [0.1, 0.15) is 43.0 Å². The molecule has 1 heterocycles.